The van der Waals surface area contributed by atoms with E-state index in [0.717, 1.165) is 36.2 Å². The summed E-state index contributed by atoms with van der Waals surface area (Å²) in [5.74, 6) is 0.353. The van der Waals surface area contributed by atoms with E-state index in [1.165, 1.54) is 16.7 Å². The van der Waals surface area contributed by atoms with E-state index in [-0.39, 0.29) is 11.9 Å². The average molecular weight is 432 g/mol. The number of anilines is 1. The number of quaternary nitrogens is 1. The van der Waals surface area contributed by atoms with Crippen LogP contribution in [-0.4, -0.2) is 36.6 Å². The average Bonchev–Trinajstić information content (AvgIpc) is 3.06. The molecule has 3 aromatic carbocycles. The second kappa shape index (κ2) is 7.81. The van der Waals surface area contributed by atoms with Crippen molar-refractivity contribution in [1.82, 2.24) is 0 Å². The normalized spacial score (nSPS) is 24.5. The summed E-state index contributed by atoms with van der Waals surface area (Å²) in [5.41, 5.74) is 5.56. The first kappa shape index (κ1) is 20.3. The third-order valence-corrected chi connectivity index (χ3v) is 7.30. The van der Waals surface area contributed by atoms with Crippen LogP contribution in [-0.2, 0) is 6.54 Å². The maximum atomic E-state index is 13.7. The first-order valence-electron chi connectivity index (χ1n) is 11.0. The number of hydrogen-bond acceptors (Lipinski definition) is 1. The van der Waals surface area contributed by atoms with Gasteiger partial charge in [-0.05, 0) is 30.7 Å². The predicted octanol–water partition coefficient (Wildman–Crippen LogP) is 5.81. The summed E-state index contributed by atoms with van der Waals surface area (Å²) in [4.78, 5) is 15.7. The van der Waals surface area contributed by atoms with Crippen molar-refractivity contribution in [2.24, 2.45) is 0 Å². The lowest BCUT2D eigenvalue weighted by Crippen LogP contribution is -2.56. The van der Waals surface area contributed by atoms with Gasteiger partial charge in [-0.2, -0.15) is 0 Å². The molecule has 0 bridgehead atoms. The van der Waals surface area contributed by atoms with E-state index < -0.39 is 0 Å². The predicted molar refractivity (Wildman–Crippen MR) is 127 cm³/mol. The van der Waals surface area contributed by atoms with E-state index in [9.17, 15) is 4.79 Å². The molecule has 1 fully saturated rings. The minimum atomic E-state index is 0.0161. The molecule has 0 aromatic heterocycles. The van der Waals surface area contributed by atoms with E-state index in [4.69, 9.17) is 11.6 Å². The maximum Gasteiger partial charge on any atom is 0.260 e. The molecule has 2 aliphatic rings. The Labute approximate surface area is 189 Å². The van der Waals surface area contributed by atoms with Crippen molar-refractivity contribution in [3.8, 4) is 0 Å². The van der Waals surface area contributed by atoms with Gasteiger partial charge in [0, 0.05) is 17.7 Å². The quantitative estimate of drug-likeness (QED) is 0.479. The van der Waals surface area contributed by atoms with Crippen LogP contribution >= 0.6 is 11.6 Å². The summed E-state index contributed by atoms with van der Waals surface area (Å²) in [6.45, 7) is 5.23. The molecule has 0 radical (unpaired) electrons. The van der Waals surface area contributed by atoms with Gasteiger partial charge in [-0.1, -0.05) is 71.8 Å². The largest absolute Gasteiger partial charge is 0.322 e. The second-order valence-corrected chi connectivity index (χ2v) is 9.76. The lowest BCUT2D eigenvalue weighted by Gasteiger charge is -2.44. The minimum Gasteiger partial charge on any atom is -0.322 e. The third-order valence-electron chi connectivity index (χ3n) is 6.97. The van der Waals surface area contributed by atoms with Crippen molar-refractivity contribution in [3.05, 3.63) is 100 Å². The Kier molecular flexibility index (Phi) is 5.11. The number of fused-ring (bicyclic) bond motifs is 3. The summed E-state index contributed by atoms with van der Waals surface area (Å²) in [7, 11) is 2.36. The van der Waals surface area contributed by atoms with Crippen LogP contribution in [0.25, 0.3) is 0 Å². The molecule has 158 valence electrons. The van der Waals surface area contributed by atoms with Crippen LogP contribution in [0.15, 0.2) is 72.8 Å². The Hall–Kier alpha value is -2.62. The zero-order valence-corrected chi connectivity index (χ0v) is 18.8. The van der Waals surface area contributed by atoms with E-state index in [2.05, 4.69) is 62.5 Å². The van der Waals surface area contributed by atoms with Gasteiger partial charge < -0.3 is 9.38 Å². The molecule has 0 aliphatic carbocycles. The standard InChI is InChI=1S/C27H28ClN2O/c1-19-12-13-25-22(16-19)23-18-30(2,17-20-8-4-3-5-9-20)15-14-26(23)29(25)27(31)21-10-6-7-11-24(21)28/h3-13,16,23,26H,14-15,17-18H2,1-2H3/q+1. The number of benzene rings is 3. The van der Waals surface area contributed by atoms with Crippen molar-refractivity contribution < 1.29 is 9.28 Å². The van der Waals surface area contributed by atoms with Crippen molar-refractivity contribution in [2.45, 2.75) is 31.8 Å². The van der Waals surface area contributed by atoms with Gasteiger partial charge >= 0.3 is 0 Å². The molecule has 2 aliphatic heterocycles. The number of carbonyl (C=O) groups excluding carboxylic acids is 1. The highest BCUT2D eigenvalue weighted by molar-refractivity contribution is 6.34. The highest BCUT2D eigenvalue weighted by Crippen LogP contribution is 2.47. The number of likely N-dealkylation sites (tertiary alicyclic amines) is 1. The number of aryl methyl sites for hydroxylation is 1. The van der Waals surface area contributed by atoms with E-state index >= 15 is 0 Å². The minimum absolute atomic E-state index is 0.0161. The van der Waals surface area contributed by atoms with Crippen molar-refractivity contribution in [1.29, 1.82) is 0 Å². The first-order valence-corrected chi connectivity index (χ1v) is 11.4. The Morgan fingerprint density at radius 2 is 1.81 bits per heavy atom. The van der Waals surface area contributed by atoms with Gasteiger partial charge in [-0.25, -0.2) is 0 Å². The Morgan fingerprint density at radius 1 is 1.06 bits per heavy atom. The molecule has 3 aromatic rings. The molecular weight excluding hydrogens is 404 g/mol. The maximum absolute atomic E-state index is 13.7. The first-order chi connectivity index (χ1) is 15.0. The highest BCUT2D eigenvalue weighted by atomic mass is 35.5. The molecule has 1 saturated heterocycles. The molecule has 3 atom stereocenters. The molecule has 0 N–H and O–H groups in total. The van der Waals surface area contributed by atoms with Crippen LogP contribution in [0.5, 0.6) is 0 Å². The molecule has 4 heteroatoms. The molecule has 2 heterocycles. The van der Waals surface area contributed by atoms with Crippen LogP contribution in [0.2, 0.25) is 5.02 Å². The van der Waals surface area contributed by atoms with Crippen molar-refractivity contribution in [2.75, 3.05) is 25.0 Å². The third kappa shape index (κ3) is 3.66. The zero-order valence-electron chi connectivity index (χ0n) is 18.1. The summed E-state index contributed by atoms with van der Waals surface area (Å²) >= 11 is 6.41. The molecular formula is C27H28ClN2O+. The van der Waals surface area contributed by atoms with Crippen LogP contribution in [0.3, 0.4) is 0 Å². The number of nitrogens with zero attached hydrogens (tertiary/aromatic N) is 2. The molecule has 31 heavy (non-hydrogen) atoms. The number of likely N-dealkylation sites (N-methyl/N-ethyl adjacent to an activating group) is 1. The number of carbonyl (C=O) groups is 1. The van der Waals surface area contributed by atoms with Crippen molar-refractivity contribution >= 4 is 23.2 Å². The summed E-state index contributed by atoms with van der Waals surface area (Å²) < 4.78 is 0.993. The van der Waals surface area contributed by atoms with E-state index in [1.807, 2.05) is 23.1 Å². The van der Waals surface area contributed by atoms with Gasteiger partial charge in [0.1, 0.15) is 6.54 Å². The second-order valence-electron chi connectivity index (χ2n) is 9.35. The van der Waals surface area contributed by atoms with Crippen LogP contribution in [0.4, 0.5) is 5.69 Å². The molecule has 3 unspecified atom stereocenters. The molecule has 3 nitrogen and oxygen atoms in total. The number of amides is 1. The number of piperidine rings is 1. The molecule has 0 saturated carbocycles. The summed E-state index contributed by atoms with van der Waals surface area (Å²) in [6, 6.07) is 24.8. The fraction of sp³-hybridized carbons (Fsp3) is 0.296. The van der Waals surface area contributed by atoms with Crippen LogP contribution in [0, 0.1) is 6.92 Å². The van der Waals surface area contributed by atoms with Gasteiger partial charge in [0.2, 0.25) is 0 Å². The molecule has 5 rings (SSSR count). The number of hydrogen-bond donors (Lipinski definition) is 0. The summed E-state index contributed by atoms with van der Waals surface area (Å²) in [5, 5.41) is 0.519. The molecule has 1 amide bonds. The van der Waals surface area contributed by atoms with Gasteiger partial charge in [-0.15, -0.1) is 0 Å². The smallest absolute Gasteiger partial charge is 0.260 e. The van der Waals surface area contributed by atoms with E-state index in [1.54, 1.807) is 6.07 Å². The fourth-order valence-corrected chi connectivity index (χ4v) is 5.73. The van der Waals surface area contributed by atoms with Gasteiger partial charge in [0.05, 0.1) is 42.7 Å². The van der Waals surface area contributed by atoms with Gasteiger partial charge in [-0.3, -0.25) is 4.79 Å². The zero-order chi connectivity index (χ0) is 21.6. The highest BCUT2D eigenvalue weighted by Gasteiger charge is 2.49. The lowest BCUT2D eigenvalue weighted by molar-refractivity contribution is -0.928. The fourth-order valence-electron chi connectivity index (χ4n) is 5.51. The topological polar surface area (TPSA) is 20.3 Å². The van der Waals surface area contributed by atoms with Gasteiger partial charge in [0.15, 0.2) is 0 Å². The monoisotopic (exact) mass is 431 g/mol. The lowest BCUT2D eigenvalue weighted by atomic mass is 9.87. The van der Waals surface area contributed by atoms with E-state index in [0.29, 0.717) is 16.5 Å². The number of halogens is 1. The Morgan fingerprint density at radius 3 is 2.58 bits per heavy atom. The molecule has 0 spiro atoms. The summed E-state index contributed by atoms with van der Waals surface area (Å²) in [6.07, 6.45) is 0.984. The van der Waals surface area contributed by atoms with Crippen LogP contribution < -0.4 is 4.90 Å². The van der Waals surface area contributed by atoms with Crippen LogP contribution in [0.1, 0.15) is 39.4 Å². The number of rotatable bonds is 3. The Bertz CT molecular complexity index is 1130. The van der Waals surface area contributed by atoms with Gasteiger partial charge in [0.25, 0.3) is 5.91 Å². The Balaban J connectivity index is 1.51. The SMILES string of the molecule is Cc1ccc2c(c1)C1C[N+](C)(Cc3ccccc3)CCC1N2C(=O)c1ccccc1Cl. The van der Waals surface area contributed by atoms with Crippen molar-refractivity contribution in [3.63, 3.8) is 0 Å².